The molecule has 0 nitrogen and oxygen atoms in total. The molecule has 0 aliphatic carbocycles. The fraction of sp³-hybridized carbons (Fsp3) is 0.600. The van der Waals surface area contributed by atoms with Gasteiger partial charge in [0.25, 0.3) is 0 Å². The van der Waals surface area contributed by atoms with Crippen LogP contribution < -0.4 is 0 Å². The molecule has 6 heavy (non-hydrogen) atoms. The molecule has 0 fully saturated rings. The van der Waals surface area contributed by atoms with Crippen LogP contribution in [0.15, 0.2) is 12.7 Å². The van der Waals surface area contributed by atoms with Crippen molar-refractivity contribution in [3.8, 4) is 0 Å². The predicted molar refractivity (Wildman–Crippen MR) is 25.1 cm³/mol. The van der Waals surface area contributed by atoms with Crippen LogP contribution in [0, 0.1) is 0 Å². The first-order valence-corrected chi connectivity index (χ1v) is 2.02. The second-order valence-corrected chi connectivity index (χ2v) is 1.08. The first-order valence-electron chi connectivity index (χ1n) is 2.02. The van der Waals surface area contributed by atoms with Crippen LogP contribution in [0.2, 0.25) is 0 Å². The Bertz CT molecular complexity index is 25.1. The molecule has 0 aliphatic heterocycles. The van der Waals surface area contributed by atoms with Gasteiger partial charge >= 0.3 is 0 Å². The first-order chi connectivity index (χ1) is 2.41. The van der Waals surface area contributed by atoms with Crippen LogP contribution >= 0.6 is 0 Å². The van der Waals surface area contributed by atoms with Gasteiger partial charge in [-0.2, -0.15) is 0 Å². The van der Waals surface area contributed by atoms with Crippen molar-refractivity contribution in [2.75, 3.05) is 0 Å². The molecule has 0 heterocycles. The maximum absolute atomic E-state index is 3.55. The van der Waals surface area contributed by atoms with E-state index in [1.54, 1.807) is 0 Å². The largest absolute Gasteiger partial charge is 0.103 e. The number of rotatable bonds is 2. The Morgan fingerprint density at radius 1 is 1.67 bits per heavy atom. The van der Waals surface area contributed by atoms with Crippen molar-refractivity contribution < 1.29 is 16.5 Å². The van der Waals surface area contributed by atoms with Gasteiger partial charge in [-0.1, -0.05) is 19.4 Å². The van der Waals surface area contributed by atoms with Gasteiger partial charge < -0.3 is 0 Å². The molecule has 0 bridgehead atoms. The van der Waals surface area contributed by atoms with E-state index >= 15 is 0 Å². The zero-order valence-corrected chi connectivity index (χ0v) is 5.00. The van der Waals surface area contributed by atoms with E-state index in [1.807, 2.05) is 6.08 Å². The predicted octanol–water partition coefficient (Wildman–Crippen LogP) is 1.97. The average Bonchev–Trinajstić information content (AvgIpc) is 1.41. The van der Waals surface area contributed by atoms with E-state index in [-0.39, 0.29) is 16.5 Å². The van der Waals surface area contributed by atoms with E-state index in [2.05, 4.69) is 13.5 Å². The summed E-state index contributed by atoms with van der Waals surface area (Å²) in [5, 5.41) is 0. The number of allylic oxidation sites excluding steroid dienone is 1. The van der Waals surface area contributed by atoms with Gasteiger partial charge in [0, 0.05) is 16.5 Å². The SMILES string of the molecule is C=CCCC.[Ni]. The van der Waals surface area contributed by atoms with Gasteiger partial charge in [-0.3, -0.25) is 0 Å². The Morgan fingerprint density at radius 3 is 2.17 bits per heavy atom. The third-order valence-electron chi connectivity index (χ3n) is 0.493. The van der Waals surface area contributed by atoms with Crippen molar-refractivity contribution in [1.82, 2.24) is 0 Å². The van der Waals surface area contributed by atoms with Crippen molar-refractivity contribution in [1.29, 1.82) is 0 Å². The van der Waals surface area contributed by atoms with Gasteiger partial charge in [0.2, 0.25) is 0 Å². The summed E-state index contributed by atoms with van der Waals surface area (Å²) in [7, 11) is 0. The minimum Gasteiger partial charge on any atom is -0.103 e. The van der Waals surface area contributed by atoms with Crippen LogP contribution in [-0.4, -0.2) is 0 Å². The minimum absolute atomic E-state index is 0. The standard InChI is InChI=1S/C5H10.Ni/c1-3-5-4-2;/h3H,1,4-5H2,2H3;. The van der Waals surface area contributed by atoms with Crippen molar-refractivity contribution in [2.45, 2.75) is 19.8 Å². The van der Waals surface area contributed by atoms with Crippen molar-refractivity contribution >= 4 is 0 Å². The normalized spacial score (nSPS) is 6.17. The van der Waals surface area contributed by atoms with Gasteiger partial charge in [-0.05, 0) is 6.42 Å². The van der Waals surface area contributed by atoms with Crippen LogP contribution in [0.3, 0.4) is 0 Å². The zero-order chi connectivity index (χ0) is 4.12. The van der Waals surface area contributed by atoms with Gasteiger partial charge in [0.05, 0.1) is 0 Å². The second kappa shape index (κ2) is 8.97. The summed E-state index contributed by atoms with van der Waals surface area (Å²) in [4.78, 5) is 0. The fourth-order valence-electron chi connectivity index (χ4n) is 0.204. The van der Waals surface area contributed by atoms with Crippen LogP contribution in [0.1, 0.15) is 19.8 Å². The van der Waals surface area contributed by atoms with Crippen molar-refractivity contribution in [3.05, 3.63) is 12.7 Å². The van der Waals surface area contributed by atoms with Gasteiger partial charge in [0.15, 0.2) is 0 Å². The zero-order valence-electron chi connectivity index (χ0n) is 4.01. The molecule has 40 valence electrons. The number of unbranched alkanes of at least 4 members (excludes halogenated alkanes) is 1. The third kappa shape index (κ3) is 8.87. The first kappa shape index (κ1) is 9.53. The molecule has 0 N–H and O–H groups in total. The van der Waals surface area contributed by atoms with E-state index in [0.29, 0.717) is 0 Å². The van der Waals surface area contributed by atoms with Crippen LogP contribution in [-0.2, 0) is 16.5 Å². The molecular weight excluding hydrogens is 119 g/mol. The molecule has 0 unspecified atom stereocenters. The Balaban J connectivity index is 0. The molecule has 0 aromatic carbocycles. The molecule has 0 aliphatic rings. The van der Waals surface area contributed by atoms with E-state index < -0.39 is 0 Å². The Hall–Kier alpha value is 0.234. The average molecular weight is 129 g/mol. The van der Waals surface area contributed by atoms with Gasteiger partial charge in [-0.15, -0.1) is 6.58 Å². The maximum Gasteiger partial charge on any atom is 0 e. The minimum atomic E-state index is 0. The summed E-state index contributed by atoms with van der Waals surface area (Å²) >= 11 is 0. The summed E-state index contributed by atoms with van der Waals surface area (Å²) in [6.45, 7) is 5.69. The van der Waals surface area contributed by atoms with E-state index in [9.17, 15) is 0 Å². The number of hydrogen-bond donors (Lipinski definition) is 0. The second-order valence-electron chi connectivity index (χ2n) is 1.08. The van der Waals surface area contributed by atoms with E-state index in [0.717, 1.165) is 6.42 Å². The monoisotopic (exact) mass is 128 g/mol. The molecule has 0 atom stereocenters. The molecule has 0 rings (SSSR count). The summed E-state index contributed by atoms with van der Waals surface area (Å²) in [5.74, 6) is 0. The quantitative estimate of drug-likeness (QED) is 0.394. The number of hydrogen-bond acceptors (Lipinski definition) is 0. The summed E-state index contributed by atoms with van der Waals surface area (Å²) in [5.41, 5.74) is 0. The molecular formula is C5H10Ni. The van der Waals surface area contributed by atoms with Crippen LogP contribution in [0.5, 0.6) is 0 Å². The summed E-state index contributed by atoms with van der Waals surface area (Å²) < 4.78 is 0. The van der Waals surface area contributed by atoms with E-state index in [4.69, 9.17) is 0 Å². The van der Waals surface area contributed by atoms with Crippen molar-refractivity contribution in [3.63, 3.8) is 0 Å². The van der Waals surface area contributed by atoms with Gasteiger partial charge in [-0.25, -0.2) is 0 Å². The molecule has 0 saturated carbocycles. The summed E-state index contributed by atoms with van der Waals surface area (Å²) in [6, 6.07) is 0. The van der Waals surface area contributed by atoms with Crippen molar-refractivity contribution in [2.24, 2.45) is 0 Å². The Kier molecular flexibility index (Phi) is 14.2. The van der Waals surface area contributed by atoms with Crippen LogP contribution in [0.4, 0.5) is 0 Å². The Labute approximate surface area is 49.6 Å². The molecule has 0 amide bonds. The molecule has 0 aromatic rings. The topological polar surface area (TPSA) is 0 Å². The molecule has 0 aromatic heterocycles. The third-order valence-corrected chi connectivity index (χ3v) is 0.493. The summed E-state index contributed by atoms with van der Waals surface area (Å²) in [6.07, 6.45) is 4.31. The fourth-order valence-corrected chi connectivity index (χ4v) is 0.204. The molecule has 0 radical (unpaired) electrons. The maximum atomic E-state index is 3.55. The molecule has 1 heteroatoms. The Morgan fingerprint density at radius 2 is 2.17 bits per heavy atom. The molecule has 0 saturated heterocycles. The van der Waals surface area contributed by atoms with Crippen LogP contribution in [0.25, 0.3) is 0 Å². The molecule has 0 spiro atoms. The van der Waals surface area contributed by atoms with E-state index in [1.165, 1.54) is 6.42 Å². The smallest absolute Gasteiger partial charge is 0 e. The van der Waals surface area contributed by atoms with Gasteiger partial charge in [0.1, 0.15) is 0 Å².